The van der Waals surface area contributed by atoms with Crippen LogP contribution >= 0.6 is 34.5 Å². The molecule has 1 fully saturated rings. The van der Waals surface area contributed by atoms with E-state index < -0.39 is 12.0 Å². The van der Waals surface area contributed by atoms with Gasteiger partial charge in [0.15, 0.2) is 0 Å². The number of amides is 2. The molecule has 1 atom stereocenters. The molecule has 1 saturated heterocycles. The zero-order valence-electron chi connectivity index (χ0n) is 17.2. The van der Waals surface area contributed by atoms with E-state index >= 15 is 0 Å². The van der Waals surface area contributed by atoms with Crippen molar-refractivity contribution in [3.63, 3.8) is 0 Å². The van der Waals surface area contributed by atoms with Crippen molar-refractivity contribution in [3.05, 3.63) is 38.6 Å². The monoisotopic (exact) mass is 469 g/mol. The summed E-state index contributed by atoms with van der Waals surface area (Å²) >= 11 is 13.7. The molecule has 6 nitrogen and oxygen atoms in total. The van der Waals surface area contributed by atoms with E-state index in [0.29, 0.717) is 29.1 Å². The minimum atomic E-state index is -0.645. The molecule has 2 amide bonds. The number of urea groups is 1. The fourth-order valence-electron chi connectivity index (χ4n) is 3.44. The zero-order chi connectivity index (χ0) is 21.8. The second-order valence-electron chi connectivity index (χ2n) is 7.66. The maximum atomic E-state index is 12.6. The van der Waals surface area contributed by atoms with Crippen LogP contribution in [-0.2, 0) is 9.53 Å². The summed E-state index contributed by atoms with van der Waals surface area (Å²) in [5.74, 6) is -0.169. The number of piperidine rings is 1. The first-order valence-electron chi connectivity index (χ1n) is 9.84. The van der Waals surface area contributed by atoms with Gasteiger partial charge >= 0.3 is 12.0 Å². The fourth-order valence-corrected chi connectivity index (χ4v) is 4.74. The quantitative estimate of drug-likeness (QED) is 0.610. The number of benzene rings is 1. The van der Waals surface area contributed by atoms with Gasteiger partial charge in [0.2, 0.25) is 0 Å². The molecule has 0 aliphatic carbocycles. The van der Waals surface area contributed by atoms with Crippen molar-refractivity contribution < 1.29 is 14.3 Å². The van der Waals surface area contributed by atoms with E-state index in [9.17, 15) is 9.59 Å². The van der Waals surface area contributed by atoms with E-state index in [1.54, 1.807) is 22.3 Å². The Bertz CT molecular complexity index is 911. The van der Waals surface area contributed by atoms with Gasteiger partial charge in [0.1, 0.15) is 6.04 Å². The van der Waals surface area contributed by atoms with Gasteiger partial charge in [0.25, 0.3) is 0 Å². The topological polar surface area (TPSA) is 71.5 Å². The van der Waals surface area contributed by atoms with Gasteiger partial charge in [-0.15, -0.1) is 11.3 Å². The Morgan fingerprint density at radius 1 is 1.23 bits per heavy atom. The Balaban J connectivity index is 1.59. The third-order valence-corrected chi connectivity index (χ3v) is 7.02. The Kier molecular flexibility index (Phi) is 7.60. The fraction of sp³-hybridized carbons (Fsp3) is 0.476. The number of carbonyl (C=O) groups is 2. The van der Waals surface area contributed by atoms with Crippen molar-refractivity contribution >= 4 is 46.5 Å². The Morgan fingerprint density at radius 3 is 2.53 bits per heavy atom. The summed E-state index contributed by atoms with van der Waals surface area (Å²) in [6.07, 6.45) is 1.65. The van der Waals surface area contributed by atoms with Gasteiger partial charge in [-0.05, 0) is 30.9 Å². The Hall–Kier alpha value is -1.83. The summed E-state index contributed by atoms with van der Waals surface area (Å²) < 4.78 is 4.79. The van der Waals surface area contributed by atoms with Gasteiger partial charge in [-0.25, -0.2) is 14.6 Å². The molecule has 1 unspecified atom stereocenters. The highest BCUT2D eigenvalue weighted by Crippen LogP contribution is 2.34. The third kappa shape index (κ3) is 5.25. The lowest BCUT2D eigenvalue weighted by atomic mass is 9.97. The third-order valence-electron chi connectivity index (χ3n) is 5.27. The predicted octanol–water partition coefficient (Wildman–Crippen LogP) is 5.20. The standard InChI is InChI=1S/C21H25Cl2N3O3S/c1-12(2)18(20(27)29-3)25-21(28)26-8-6-13(7-9-26)19-24-17(11-30-19)14-4-5-15(22)16(23)10-14/h4-5,10-13,18H,6-9H2,1-3H3,(H,25,28). The molecule has 0 spiro atoms. The van der Waals surface area contributed by atoms with Crippen molar-refractivity contribution in [2.45, 2.75) is 38.6 Å². The van der Waals surface area contributed by atoms with Crippen LogP contribution in [0.1, 0.15) is 37.6 Å². The van der Waals surface area contributed by atoms with E-state index in [1.807, 2.05) is 31.4 Å². The molecular formula is C21H25Cl2N3O3S. The molecule has 1 aromatic heterocycles. The van der Waals surface area contributed by atoms with E-state index in [1.165, 1.54) is 7.11 Å². The molecule has 1 N–H and O–H groups in total. The maximum Gasteiger partial charge on any atom is 0.328 e. The lowest BCUT2D eigenvalue weighted by Gasteiger charge is -2.32. The minimum absolute atomic E-state index is 0.0472. The molecule has 2 heterocycles. The normalized spacial score (nSPS) is 15.9. The van der Waals surface area contributed by atoms with Crippen LogP contribution in [0, 0.1) is 5.92 Å². The van der Waals surface area contributed by atoms with Crippen LogP contribution in [0.25, 0.3) is 11.3 Å². The van der Waals surface area contributed by atoms with Crippen LogP contribution in [0.4, 0.5) is 4.79 Å². The smallest absolute Gasteiger partial charge is 0.328 e. The number of ether oxygens (including phenoxy) is 1. The Labute approximate surface area is 190 Å². The lowest BCUT2D eigenvalue weighted by molar-refractivity contribution is -0.144. The number of carbonyl (C=O) groups excluding carboxylic acids is 2. The number of likely N-dealkylation sites (tertiary alicyclic amines) is 1. The number of hydrogen-bond donors (Lipinski definition) is 1. The second kappa shape index (κ2) is 9.98. The zero-order valence-corrected chi connectivity index (χ0v) is 19.5. The molecule has 0 bridgehead atoms. The van der Waals surface area contributed by atoms with E-state index in [0.717, 1.165) is 29.1 Å². The minimum Gasteiger partial charge on any atom is -0.467 e. The van der Waals surface area contributed by atoms with Gasteiger partial charge in [-0.2, -0.15) is 0 Å². The van der Waals surface area contributed by atoms with Crippen molar-refractivity contribution in [3.8, 4) is 11.3 Å². The highest BCUT2D eigenvalue weighted by atomic mass is 35.5. The summed E-state index contributed by atoms with van der Waals surface area (Å²) in [5.41, 5.74) is 1.82. The largest absolute Gasteiger partial charge is 0.467 e. The van der Waals surface area contributed by atoms with Crippen molar-refractivity contribution in [1.29, 1.82) is 0 Å². The molecule has 1 aliphatic heterocycles. The summed E-state index contributed by atoms with van der Waals surface area (Å²) in [6, 6.07) is 4.63. The highest BCUT2D eigenvalue weighted by Gasteiger charge is 2.30. The molecule has 2 aromatic rings. The number of halogens is 2. The number of thiazole rings is 1. The highest BCUT2D eigenvalue weighted by molar-refractivity contribution is 7.10. The molecule has 3 rings (SSSR count). The summed E-state index contributed by atoms with van der Waals surface area (Å²) in [6.45, 7) is 4.98. The van der Waals surface area contributed by atoms with Crippen LogP contribution in [-0.4, -0.2) is 48.1 Å². The summed E-state index contributed by atoms with van der Waals surface area (Å²) in [7, 11) is 1.33. The van der Waals surface area contributed by atoms with Crippen LogP contribution in [0.5, 0.6) is 0 Å². The number of esters is 1. The van der Waals surface area contributed by atoms with Gasteiger partial charge in [0.05, 0.1) is 27.9 Å². The molecule has 162 valence electrons. The SMILES string of the molecule is COC(=O)C(NC(=O)N1CCC(c2nc(-c3ccc(Cl)c(Cl)c3)cs2)CC1)C(C)C. The number of hydrogen-bond acceptors (Lipinski definition) is 5. The Morgan fingerprint density at radius 2 is 1.93 bits per heavy atom. The molecule has 9 heteroatoms. The van der Waals surface area contributed by atoms with Gasteiger partial charge < -0.3 is 15.0 Å². The van der Waals surface area contributed by atoms with Crippen molar-refractivity contribution in [2.24, 2.45) is 5.92 Å². The number of nitrogens with zero attached hydrogens (tertiary/aromatic N) is 2. The average Bonchev–Trinajstić information content (AvgIpc) is 3.23. The predicted molar refractivity (Wildman–Crippen MR) is 120 cm³/mol. The van der Waals surface area contributed by atoms with Crippen LogP contribution in [0.3, 0.4) is 0 Å². The molecule has 0 saturated carbocycles. The van der Waals surface area contributed by atoms with Crippen LogP contribution < -0.4 is 5.32 Å². The van der Waals surface area contributed by atoms with Crippen molar-refractivity contribution in [1.82, 2.24) is 15.2 Å². The van der Waals surface area contributed by atoms with Gasteiger partial charge in [-0.1, -0.05) is 43.1 Å². The van der Waals surface area contributed by atoms with Crippen LogP contribution in [0.15, 0.2) is 23.6 Å². The first kappa shape index (κ1) is 22.8. The molecule has 1 aromatic carbocycles. The van der Waals surface area contributed by atoms with Crippen molar-refractivity contribution in [2.75, 3.05) is 20.2 Å². The van der Waals surface area contributed by atoms with Gasteiger partial charge in [0, 0.05) is 30.0 Å². The number of aromatic nitrogens is 1. The summed E-state index contributed by atoms with van der Waals surface area (Å²) in [5, 5.41) is 6.92. The van der Waals surface area contributed by atoms with E-state index in [2.05, 4.69) is 5.32 Å². The molecule has 30 heavy (non-hydrogen) atoms. The second-order valence-corrected chi connectivity index (χ2v) is 9.36. The first-order valence-corrected chi connectivity index (χ1v) is 11.5. The van der Waals surface area contributed by atoms with E-state index in [4.69, 9.17) is 32.9 Å². The van der Waals surface area contributed by atoms with Crippen LogP contribution in [0.2, 0.25) is 10.0 Å². The first-order chi connectivity index (χ1) is 14.3. The number of rotatable bonds is 5. The lowest BCUT2D eigenvalue weighted by Crippen LogP contribution is -2.52. The van der Waals surface area contributed by atoms with E-state index in [-0.39, 0.29) is 11.9 Å². The average molecular weight is 470 g/mol. The van der Waals surface area contributed by atoms with Gasteiger partial charge in [-0.3, -0.25) is 0 Å². The number of nitrogens with one attached hydrogen (secondary N) is 1. The summed E-state index contributed by atoms with van der Waals surface area (Å²) in [4.78, 5) is 31.0. The number of methoxy groups -OCH3 is 1. The molecule has 0 radical (unpaired) electrons. The maximum absolute atomic E-state index is 12.6. The molecular weight excluding hydrogens is 445 g/mol. The molecule has 1 aliphatic rings.